The molecular formula is C14H10ClFO2S. The molecule has 2 nitrogen and oxygen atoms in total. The number of thioether (sulfide) groups is 1. The Morgan fingerprint density at radius 3 is 2.58 bits per heavy atom. The molecular weight excluding hydrogens is 287 g/mol. The van der Waals surface area contributed by atoms with Crippen molar-refractivity contribution < 1.29 is 14.3 Å². The first-order chi connectivity index (χ1) is 9.08. The fourth-order valence-corrected chi connectivity index (χ4v) is 2.76. The summed E-state index contributed by atoms with van der Waals surface area (Å²) in [6, 6.07) is 11.9. The van der Waals surface area contributed by atoms with E-state index in [1.165, 1.54) is 17.8 Å². The highest BCUT2D eigenvalue weighted by molar-refractivity contribution is 7.98. The average molecular weight is 297 g/mol. The van der Waals surface area contributed by atoms with E-state index in [1.807, 2.05) is 30.3 Å². The normalized spacial score (nSPS) is 10.4. The third kappa shape index (κ3) is 3.49. The Balaban J connectivity index is 2.17. The van der Waals surface area contributed by atoms with Crippen LogP contribution in [0.4, 0.5) is 4.39 Å². The molecule has 2 rings (SSSR count). The van der Waals surface area contributed by atoms with Gasteiger partial charge in [0.25, 0.3) is 0 Å². The first kappa shape index (κ1) is 13.9. The first-order valence-electron chi connectivity index (χ1n) is 5.47. The maximum absolute atomic E-state index is 13.8. The molecule has 0 bridgehead atoms. The Labute approximate surface area is 119 Å². The summed E-state index contributed by atoms with van der Waals surface area (Å²) >= 11 is 7.10. The Morgan fingerprint density at radius 2 is 1.95 bits per heavy atom. The molecule has 2 aromatic rings. The van der Waals surface area contributed by atoms with E-state index in [1.54, 1.807) is 0 Å². The van der Waals surface area contributed by atoms with Crippen LogP contribution in [0.1, 0.15) is 15.9 Å². The van der Waals surface area contributed by atoms with Crippen molar-refractivity contribution in [2.45, 2.75) is 10.6 Å². The molecule has 0 atom stereocenters. The summed E-state index contributed by atoms with van der Waals surface area (Å²) in [6.07, 6.45) is 0. The zero-order valence-electron chi connectivity index (χ0n) is 9.77. The maximum atomic E-state index is 13.8. The van der Waals surface area contributed by atoms with Gasteiger partial charge in [-0.25, -0.2) is 9.18 Å². The van der Waals surface area contributed by atoms with E-state index in [0.29, 0.717) is 10.6 Å². The summed E-state index contributed by atoms with van der Waals surface area (Å²) in [4.78, 5) is 11.2. The van der Waals surface area contributed by atoms with Crippen molar-refractivity contribution in [2.24, 2.45) is 0 Å². The molecule has 0 saturated carbocycles. The second kappa shape index (κ2) is 6.08. The van der Waals surface area contributed by atoms with E-state index in [-0.39, 0.29) is 10.6 Å². The van der Waals surface area contributed by atoms with Crippen molar-refractivity contribution in [2.75, 3.05) is 0 Å². The summed E-state index contributed by atoms with van der Waals surface area (Å²) in [7, 11) is 0. The van der Waals surface area contributed by atoms with Gasteiger partial charge in [-0.05, 0) is 17.7 Å². The monoisotopic (exact) mass is 296 g/mol. The minimum absolute atomic E-state index is 0.0458. The quantitative estimate of drug-likeness (QED) is 0.846. The molecule has 0 aromatic heterocycles. The van der Waals surface area contributed by atoms with Crippen LogP contribution in [0.5, 0.6) is 0 Å². The Hall–Kier alpha value is -1.52. The number of benzene rings is 2. The van der Waals surface area contributed by atoms with Gasteiger partial charge in [-0.1, -0.05) is 41.9 Å². The molecule has 0 spiro atoms. The first-order valence-corrected chi connectivity index (χ1v) is 6.83. The molecule has 5 heteroatoms. The van der Waals surface area contributed by atoms with E-state index >= 15 is 0 Å². The largest absolute Gasteiger partial charge is 0.478 e. The van der Waals surface area contributed by atoms with E-state index in [2.05, 4.69) is 0 Å². The fraction of sp³-hybridized carbons (Fsp3) is 0.0714. The van der Waals surface area contributed by atoms with Crippen molar-refractivity contribution in [1.29, 1.82) is 0 Å². The lowest BCUT2D eigenvalue weighted by molar-refractivity contribution is 0.0696. The van der Waals surface area contributed by atoms with Gasteiger partial charge in [0, 0.05) is 10.6 Å². The van der Waals surface area contributed by atoms with Gasteiger partial charge in [-0.2, -0.15) is 0 Å². The third-order valence-corrected chi connectivity index (χ3v) is 3.90. The van der Waals surface area contributed by atoms with Crippen molar-refractivity contribution in [1.82, 2.24) is 0 Å². The van der Waals surface area contributed by atoms with Crippen LogP contribution in [0.25, 0.3) is 0 Å². The van der Waals surface area contributed by atoms with Gasteiger partial charge >= 0.3 is 5.97 Å². The van der Waals surface area contributed by atoms with Crippen LogP contribution in [0.2, 0.25) is 5.02 Å². The lowest BCUT2D eigenvalue weighted by Gasteiger charge is -2.06. The number of halogens is 2. The Kier molecular flexibility index (Phi) is 4.45. The number of hydrogen-bond donors (Lipinski definition) is 1. The molecule has 1 N–H and O–H groups in total. The maximum Gasteiger partial charge on any atom is 0.337 e. The molecule has 0 unspecified atom stereocenters. The average Bonchev–Trinajstić information content (AvgIpc) is 2.40. The SMILES string of the molecule is O=C(O)c1cc(F)c(SCc2ccccc2)cc1Cl. The van der Waals surface area contributed by atoms with Crippen LogP contribution in [-0.2, 0) is 5.75 Å². The van der Waals surface area contributed by atoms with Crippen LogP contribution in [0, 0.1) is 5.82 Å². The van der Waals surface area contributed by atoms with Crippen LogP contribution < -0.4 is 0 Å². The van der Waals surface area contributed by atoms with Crippen molar-refractivity contribution in [3.63, 3.8) is 0 Å². The van der Waals surface area contributed by atoms with Crippen LogP contribution in [0.3, 0.4) is 0 Å². The van der Waals surface area contributed by atoms with Gasteiger partial charge in [0.15, 0.2) is 0 Å². The topological polar surface area (TPSA) is 37.3 Å². The van der Waals surface area contributed by atoms with Gasteiger partial charge in [-0.3, -0.25) is 0 Å². The lowest BCUT2D eigenvalue weighted by atomic mass is 10.2. The Morgan fingerprint density at radius 1 is 1.26 bits per heavy atom. The summed E-state index contributed by atoms with van der Waals surface area (Å²) in [5, 5.41) is 8.88. The molecule has 19 heavy (non-hydrogen) atoms. The summed E-state index contributed by atoms with van der Waals surface area (Å²) in [5.74, 6) is -1.20. The summed E-state index contributed by atoms with van der Waals surface area (Å²) in [6.45, 7) is 0. The number of rotatable bonds is 4. The molecule has 0 amide bonds. The second-order valence-electron chi connectivity index (χ2n) is 3.84. The molecule has 0 aliphatic heterocycles. The highest BCUT2D eigenvalue weighted by Gasteiger charge is 2.14. The number of carboxylic acid groups (broad SMARTS) is 1. The van der Waals surface area contributed by atoms with Gasteiger partial charge in [-0.15, -0.1) is 11.8 Å². The number of hydrogen-bond acceptors (Lipinski definition) is 2. The predicted molar refractivity (Wildman–Crippen MR) is 74.4 cm³/mol. The molecule has 2 aromatic carbocycles. The standard InChI is InChI=1S/C14H10ClFO2S/c15-11-7-13(12(16)6-10(11)14(17)18)19-8-9-4-2-1-3-5-9/h1-7H,8H2,(H,17,18). The molecule has 0 heterocycles. The summed E-state index contributed by atoms with van der Waals surface area (Å²) in [5.41, 5.74) is 0.841. The van der Waals surface area contributed by atoms with Gasteiger partial charge in [0.05, 0.1) is 10.6 Å². The fourth-order valence-electron chi connectivity index (χ4n) is 1.54. The molecule has 0 radical (unpaired) electrons. The molecule has 98 valence electrons. The minimum atomic E-state index is -1.23. The van der Waals surface area contributed by atoms with Crippen LogP contribution >= 0.6 is 23.4 Å². The van der Waals surface area contributed by atoms with E-state index < -0.39 is 11.8 Å². The smallest absolute Gasteiger partial charge is 0.337 e. The van der Waals surface area contributed by atoms with E-state index in [4.69, 9.17) is 16.7 Å². The zero-order chi connectivity index (χ0) is 13.8. The Bertz CT molecular complexity index is 602. The number of carboxylic acids is 1. The van der Waals surface area contributed by atoms with Crippen molar-refractivity contribution in [3.8, 4) is 0 Å². The third-order valence-electron chi connectivity index (χ3n) is 2.49. The zero-order valence-corrected chi connectivity index (χ0v) is 11.3. The lowest BCUT2D eigenvalue weighted by Crippen LogP contribution is -1.99. The second-order valence-corrected chi connectivity index (χ2v) is 5.27. The van der Waals surface area contributed by atoms with E-state index in [0.717, 1.165) is 11.6 Å². The minimum Gasteiger partial charge on any atom is -0.478 e. The van der Waals surface area contributed by atoms with Crippen LogP contribution in [-0.4, -0.2) is 11.1 Å². The van der Waals surface area contributed by atoms with Gasteiger partial charge in [0.2, 0.25) is 0 Å². The van der Waals surface area contributed by atoms with Crippen molar-refractivity contribution >= 4 is 29.3 Å². The van der Waals surface area contributed by atoms with Crippen molar-refractivity contribution in [3.05, 3.63) is 64.4 Å². The molecule has 0 aliphatic rings. The van der Waals surface area contributed by atoms with Crippen LogP contribution in [0.15, 0.2) is 47.4 Å². The molecule has 0 saturated heterocycles. The molecule has 0 fully saturated rings. The molecule has 0 aliphatic carbocycles. The number of aromatic carboxylic acids is 1. The van der Waals surface area contributed by atoms with E-state index in [9.17, 15) is 9.18 Å². The van der Waals surface area contributed by atoms with Gasteiger partial charge in [0.1, 0.15) is 5.82 Å². The summed E-state index contributed by atoms with van der Waals surface area (Å²) < 4.78 is 13.8. The number of carbonyl (C=O) groups is 1. The predicted octanol–water partition coefficient (Wildman–Crippen LogP) is 4.47. The highest BCUT2D eigenvalue weighted by Crippen LogP contribution is 2.30. The highest BCUT2D eigenvalue weighted by atomic mass is 35.5. The van der Waals surface area contributed by atoms with Gasteiger partial charge < -0.3 is 5.11 Å².